The predicted octanol–water partition coefficient (Wildman–Crippen LogP) is 3.57. The van der Waals surface area contributed by atoms with Crippen LogP contribution in [-0.4, -0.2) is 46.2 Å². The Labute approximate surface area is 194 Å². The highest BCUT2D eigenvalue weighted by Gasteiger charge is 2.79. The summed E-state index contributed by atoms with van der Waals surface area (Å²) in [6, 6.07) is 0. The summed E-state index contributed by atoms with van der Waals surface area (Å²) in [5, 5.41) is 23.4. The summed E-state index contributed by atoms with van der Waals surface area (Å²) >= 11 is 0. The third kappa shape index (κ3) is 3.15. The zero-order chi connectivity index (χ0) is 24.6. The maximum absolute atomic E-state index is 13.5. The molecule has 6 atom stereocenters. The van der Waals surface area contributed by atoms with Crippen LogP contribution in [0.25, 0.3) is 0 Å². The number of allylic oxidation sites excluding steroid dienone is 3. The van der Waals surface area contributed by atoms with Crippen LogP contribution in [0.15, 0.2) is 35.6 Å². The number of aliphatic hydroxyl groups is 2. The van der Waals surface area contributed by atoms with Crippen LogP contribution in [0.5, 0.6) is 0 Å². The number of carbonyl (C=O) groups is 3. The summed E-state index contributed by atoms with van der Waals surface area (Å²) in [4.78, 5) is 37.7. The van der Waals surface area contributed by atoms with Gasteiger partial charge in [0.1, 0.15) is 18.3 Å². The van der Waals surface area contributed by atoms with Gasteiger partial charge in [0.25, 0.3) is 0 Å². The van der Waals surface area contributed by atoms with E-state index >= 15 is 0 Å². The molecule has 0 amide bonds. The topological polar surface area (TPSA) is 110 Å². The highest BCUT2D eigenvalue weighted by molar-refractivity contribution is 6.11. The van der Waals surface area contributed by atoms with Gasteiger partial charge in [0.05, 0.1) is 11.3 Å². The first-order valence-corrected chi connectivity index (χ1v) is 11.7. The first-order valence-electron chi connectivity index (χ1n) is 11.7. The van der Waals surface area contributed by atoms with Crippen molar-refractivity contribution in [1.29, 1.82) is 0 Å². The van der Waals surface area contributed by atoms with Crippen molar-refractivity contribution in [2.75, 3.05) is 6.61 Å². The molecule has 2 fully saturated rings. The summed E-state index contributed by atoms with van der Waals surface area (Å²) in [6.45, 7) is 12.1. The average molecular weight is 459 g/mol. The molecule has 7 nitrogen and oxygen atoms in total. The van der Waals surface area contributed by atoms with E-state index in [2.05, 4.69) is 6.58 Å². The molecule has 0 radical (unpaired) electrons. The number of fused-ring (bicyclic) bond motifs is 1. The number of hydrogen-bond acceptors (Lipinski definition) is 7. The fourth-order valence-electron chi connectivity index (χ4n) is 6.46. The zero-order valence-electron chi connectivity index (χ0n) is 20.1. The number of hydrogen-bond donors (Lipinski definition) is 2. The van der Waals surface area contributed by atoms with Gasteiger partial charge in [-0.2, -0.15) is 0 Å². The zero-order valence-corrected chi connectivity index (χ0v) is 20.1. The highest BCUT2D eigenvalue weighted by Crippen LogP contribution is 2.77. The molecule has 0 aliphatic heterocycles. The molecular weight excluding hydrogens is 424 g/mol. The molecule has 4 aliphatic carbocycles. The molecule has 180 valence electrons. The lowest BCUT2D eigenvalue weighted by Crippen LogP contribution is -2.60. The summed E-state index contributed by atoms with van der Waals surface area (Å²) in [6.07, 6.45) is 4.78. The SMILES string of the molecule is C=CC1(C)C=C2C(=O)C(O)=C3C(C)(COC(=O)C(C)C)C(OC(C)=O)CC4CC34C2(O)CC1. The normalized spacial score (nSPS) is 41.4. The van der Waals surface area contributed by atoms with Gasteiger partial charge in [0, 0.05) is 23.3 Å². The fraction of sp³-hybridized carbons (Fsp3) is 0.654. The molecule has 0 aromatic rings. The van der Waals surface area contributed by atoms with E-state index in [1.165, 1.54) is 6.92 Å². The van der Waals surface area contributed by atoms with Crippen molar-refractivity contribution in [3.8, 4) is 0 Å². The minimum Gasteiger partial charge on any atom is -0.504 e. The van der Waals surface area contributed by atoms with Crippen LogP contribution in [0.1, 0.15) is 60.3 Å². The van der Waals surface area contributed by atoms with Crippen LogP contribution in [-0.2, 0) is 23.9 Å². The largest absolute Gasteiger partial charge is 0.504 e. The number of rotatable bonds is 5. The number of ether oxygens (including phenoxy) is 2. The van der Waals surface area contributed by atoms with Crippen molar-refractivity contribution in [2.45, 2.75) is 72.0 Å². The predicted molar refractivity (Wildman–Crippen MR) is 120 cm³/mol. The van der Waals surface area contributed by atoms with Crippen LogP contribution < -0.4 is 0 Å². The van der Waals surface area contributed by atoms with Crippen LogP contribution in [0.2, 0.25) is 0 Å². The molecule has 1 spiro atoms. The monoisotopic (exact) mass is 458 g/mol. The first-order chi connectivity index (χ1) is 15.3. The van der Waals surface area contributed by atoms with Gasteiger partial charge in [0.15, 0.2) is 5.76 Å². The van der Waals surface area contributed by atoms with Crippen molar-refractivity contribution < 1.29 is 34.1 Å². The fourth-order valence-corrected chi connectivity index (χ4v) is 6.46. The van der Waals surface area contributed by atoms with Crippen molar-refractivity contribution in [1.82, 2.24) is 0 Å². The maximum Gasteiger partial charge on any atom is 0.308 e. The molecular formula is C26H34O7. The van der Waals surface area contributed by atoms with Gasteiger partial charge < -0.3 is 19.7 Å². The molecule has 0 heterocycles. The van der Waals surface area contributed by atoms with Crippen molar-refractivity contribution in [3.05, 3.63) is 35.6 Å². The number of esters is 2. The number of ketones is 1. The van der Waals surface area contributed by atoms with Crippen molar-refractivity contribution in [2.24, 2.45) is 28.1 Å². The molecule has 0 bridgehead atoms. The van der Waals surface area contributed by atoms with E-state index in [1.54, 1.807) is 32.9 Å². The number of aliphatic hydroxyl groups excluding tert-OH is 1. The summed E-state index contributed by atoms with van der Waals surface area (Å²) in [5.74, 6) is -2.40. The van der Waals surface area contributed by atoms with E-state index < -0.39 is 51.4 Å². The van der Waals surface area contributed by atoms with E-state index in [-0.39, 0.29) is 24.0 Å². The van der Waals surface area contributed by atoms with Crippen LogP contribution >= 0.6 is 0 Å². The Hall–Kier alpha value is -2.41. The van der Waals surface area contributed by atoms with Crippen molar-refractivity contribution in [3.63, 3.8) is 0 Å². The second-order valence-electron chi connectivity index (χ2n) is 11.1. The van der Waals surface area contributed by atoms with Gasteiger partial charge in [-0.3, -0.25) is 14.4 Å². The van der Waals surface area contributed by atoms with E-state index in [1.807, 2.05) is 6.92 Å². The highest BCUT2D eigenvalue weighted by atomic mass is 16.6. The molecule has 4 aliphatic rings. The van der Waals surface area contributed by atoms with Gasteiger partial charge >= 0.3 is 11.9 Å². The first kappa shape index (κ1) is 23.7. The molecule has 6 unspecified atom stereocenters. The summed E-state index contributed by atoms with van der Waals surface area (Å²) in [5.41, 5.74) is -3.32. The maximum atomic E-state index is 13.5. The standard InChI is InChI=1S/C26H34O7/c1-7-23(5)8-9-26(31)17(12-23)19(28)20(29)21-24(6,13-32-22(30)14(2)3)18(33-15(4)27)10-16-11-25(16,21)26/h7,12,14,16,18,29,31H,1,8-11,13H2,2-6H3. The van der Waals surface area contributed by atoms with Crippen LogP contribution in [0, 0.1) is 28.1 Å². The third-order valence-electron chi connectivity index (χ3n) is 8.47. The Kier molecular flexibility index (Phi) is 5.25. The second-order valence-corrected chi connectivity index (χ2v) is 11.1. The lowest BCUT2D eigenvalue weighted by atomic mass is 9.51. The van der Waals surface area contributed by atoms with Crippen molar-refractivity contribution >= 4 is 17.7 Å². The molecule has 33 heavy (non-hydrogen) atoms. The van der Waals surface area contributed by atoms with Crippen LogP contribution in [0.4, 0.5) is 0 Å². The Morgan fingerprint density at radius 3 is 2.55 bits per heavy atom. The van der Waals surface area contributed by atoms with Crippen LogP contribution in [0.3, 0.4) is 0 Å². The van der Waals surface area contributed by atoms with E-state index in [0.29, 0.717) is 31.3 Å². The smallest absolute Gasteiger partial charge is 0.308 e. The van der Waals surface area contributed by atoms with E-state index in [4.69, 9.17) is 9.47 Å². The molecule has 2 saturated carbocycles. The minimum absolute atomic E-state index is 0.0672. The van der Waals surface area contributed by atoms with Gasteiger partial charge in [-0.05, 0) is 44.1 Å². The third-order valence-corrected chi connectivity index (χ3v) is 8.47. The molecule has 0 aromatic heterocycles. The average Bonchev–Trinajstić information content (AvgIpc) is 3.47. The lowest BCUT2D eigenvalue weighted by molar-refractivity contribution is -0.166. The number of carbonyl (C=O) groups excluding carboxylic acids is 3. The van der Waals surface area contributed by atoms with Gasteiger partial charge in [0.2, 0.25) is 5.78 Å². The quantitative estimate of drug-likeness (QED) is 0.479. The van der Waals surface area contributed by atoms with Gasteiger partial charge in [-0.15, -0.1) is 6.58 Å². The van der Waals surface area contributed by atoms with E-state index in [0.717, 1.165) is 0 Å². The molecule has 2 N–H and O–H groups in total. The Morgan fingerprint density at radius 1 is 1.30 bits per heavy atom. The Bertz CT molecular complexity index is 1010. The molecule has 4 rings (SSSR count). The van der Waals surface area contributed by atoms with E-state index in [9.17, 15) is 24.6 Å². The lowest BCUT2D eigenvalue weighted by Gasteiger charge is -2.55. The minimum atomic E-state index is -1.44. The molecule has 0 saturated heterocycles. The summed E-state index contributed by atoms with van der Waals surface area (Å²) in [7, 11) is 0. The Balaban J connectivity index is 1.88. The van der Waals surface area contributed by atoms with Gasteiger partial charge in [-0.1, -0.05) is 32.9 Å². The molecule has 7 heteroatoms. The second kappa shape index (κ2) is 7.29. The summed E-state index contributed by atoms with van der Waals surface area (Å²) < 4.78 is 11.2. The number of Topliss-reactive ketones (excluding diaryl/α,β-unsaturated/α-hetero) is 1. The molecule has 0 aromatic carbocycles. The Morgan fingerprint density at radius 2 is 1.97 bits per heavy atom. The van der Waals surface area contributed by atoms with Gasteiger partial charge in [-0.25, -0.2) is 0 Å².